The van der Waals surface area contributed by atoms with Gasteiger partial charge in [-0.25, -0.2) is 0 Å². The standard InChI is InChI=1S/C57H55N3/c1-56(2,3)36-20-41-39-25-47-40(24-46(39)59-45-8-7-38-31-11-27-9-28(12-31)16-33(15-27)50(38)52(45)43(22-36)54(41)59)42-21-37(57(4,5)6)23-44-53-48(60(47)55(42)44)19-35(26-58)49-32-13-29-10-30(14-32)18-34(17-29)51(49)53/h7-8,19-25,27-34H,9-18H2,1-6H3. The molecule has 0 amide bonds. The van der Waals surface area contributed by atoms with Crippen LogP contribution in [0.15, 0.2) is 54.6 Å². The second-order valence-electron chi connectivity index (χ2n) is 23.7. The van der Waals surface area contributed by atoms with E-state index in [1.807, 2.05) is 0 Å². The fraction of sp³-hybridized carbons (Fsp3) is 0.456. The molecule has 9 aromatic rings. The number of hydrogen-bond donors (Lipinski definition) is 0. The number of fused-ring (bicyclic) bond motifs is 12. The van der Waals surface area contributed by atoms with E-state index < -0.39 is 0 Å². The van der Waals surface area contributed by atoms with Crippen molar-refractivity contribution in [3.05, 3.63) is 93.5 Å². The maximum absolute atomic E-state index is 11.0. The monoisotopic (exact) mass is 781 g/mol. The lowest BCUT2D eigenvalue weighted by atomic mass is 9.67. The maximum atomic E-state index is 11.0. The van der Waals surface area contributed by atoms with E-state index in [9.17, 15) is 5.26 Å². The zero-order valence-electron chi connectivity index (χ0n) is 36.2. The summed E-state index contributed by atoms with van der Waals surface area (Å²) in [5, 5.41) is 22.4. The Bertz CT molecular complexity index is 3450. The smallest absolute Gasteiger partial charge is 0.0995 e. The molecule has 17 rings (SSSR count). The Kier molecular flexibility index (Phi) is 5.99. The fourth-order valence-corrected chi connectivity index (χ4v) is 16.2. The molecule has 0 N–H and O–H groups in total. The Morgan fingerprint density at radius 1 is 0.450 bits per heavy atom. The largest absolute Gasteiger partial charge is 0.308 e. The maximum Gasteiger partial charge on any atom is 0.0995 e. The summed E-state index contributed by atoms with van der Waals surface area (Å²) in [5.74, 6) is 5.92. The number of nitriles is 1. The Labute approximate surface area is 352 Å². The minimum atomic E-state index is -0.00144. The molecule has 298 valence electrons. The average Bonchev–Trinajstić information content (AvgIpc) is 3.85. The molecule has 3 nitrogen and oxygen atoms in total. The third-order valence-electron chi connectivity index (χ3n) is 18.3. The van der Waals surface area contributed by atoms with Crippen LogP contribution < -0.4 is 0 Å². The summed E-state index contributed by atoms with van der Waals surface area (Å²) in [4.78, 5) is 0. The third kappa shape index (κ3) is 4.01. The van der Waals surface area contributed by atoms with Crippen LogP contribution in [0.4, 0.5) is 0 Å². The van der Waals surface area contributed by atoms with Crippen molar-refractivity contribution in [1.82, 2.24) is 8.80 Å². The lowest BCUT2D eigenvalue weighted by Gasteiger charge is -2.38. The highest BCUT2D eigenvalue weighted by molar-refractivity contribution is 6.30. The van der Waals surface area contributed by atoms with E-state index in [1.54, 1.807) is 22.1 Å². The molecule has 8 aliphatic rings. The summed E-state index contributed by atoms with van der Waals surface area (Å²) in [6.45, 7) is 14.4. The lowest BCUT2D eigenvalue weighted by Crippen LogP contribution is -2.25. The molecule has 0 radical (unpaired) electrons. The van der Waals surface area contributed by atoms with E-state index in [0.717, 1.165) is 35.2 Å². The van der Waals surface area contributed by atoms with Crippen molar-refractivity contribution in [3.63, 3.8) is 0 Å². The van der Waals surface area contributed by atoms with Gasteiger partial charge in [0.25, 0.3) is 0 Å². The molecule has 0 spiro atoms. The van der Waals surface area contributed by atoms with Gasteiger partial charge < -0.3 is 8.80 Å². The van der Waals surface area contributed by atoms with Crippen LogP contribution >= 0.6 is 0 Å². The van der Waals surface area contributed by atoms with Gasteiger partial charge in [0.2, 0.25) is 0 Å². The lowest BCUT2D eigenvalue weighted by molar-refractivity contribution is 0.166. The van der Waals surface area contributed by atoms with Crippen molar-refractivity contribution in [2.24, 2.45) is 23.7 Å². The molecule has 8 aliphatic carbocycles. The van der Waals surface area contributed by atoms with Crippen LogP contribution in [0.1, 0.15) is 168 Å². The van der Waals surface area contributed by atoms with E-state index in [-0.39, 0.29) is 10.8 Å². The Morgan fingerprint density at radius 3 is 1.42 bits per heavy atom. The molecular weight excluding hydrogens is 727 g/mol. The summed E-state index contributed by atoms with van der Waals surface area (Å²) in [6.07, 6.45) is 13.6. The Balaban J connectivity index is 1.11. The highest BCUT2D eigenvalue weighted by atomic mass is 14.9. The normalized spacial score (nSPS) is 28.5. The number of hydrogen-bond acceptors (Lipinski definition) is 1. The van der Waals surface area contributed by atoms with E-state index in [0.29, 0.717) is 17.8 Å². The molecule has 4 atom stereocenters. The predicted octanol–water partition coefficient (Wildman–Crippen LogP) is 15.2. The fourth-order valence-electron chi connectivity index (χ4n) is 16.2. The molecule has 60 heavy (non-hydrogen) atoms. The summed E-state index contributed by atoms with van der Waals surface area (Å²) < 4.78 is 5.33. The number of benzene rings is 5. The summed E-state index contributed by atoms with van der Waals surface area (Å²) in [6, 6.07) is 25.7. The minimum absolute atomic E-state index is 0.00144. The Hall–Kier alpha value is -4.81. The molecule has 0 saturated heterocycles. The zero-order chi connectivity index (χ0) is 40.0. The topological polar surface area (TPSA) is 32.6 Å². The number of rotatable bonds is 0. The highest BCUT2D eigenvalue weighted by Gasteiger charge is 2.46. The molecule has 4 saturated carbocycles. The minimum Gasteiger partial charge on any atom is -0.308 e. The molecule has 4 heterocycles. The summed E-state index contributed by atoms with van der Waals surface area (Å²) in [5.41, 5.74) is 18.3. The number of nitrogens with zero attached hydrogens (tertiary/aromatic N) is 3. The van der Waals surface area contributed by atoms with Gasteiger partial charge in [-0.05, 0) is 204 Å². The van der Waals surface area contributed by atoms with Crippen molar-refractivity contribution in [1.29, 1.82) is 5.26 Å². The number of aromatic nitrogens is 2. The molecular formula is C57H55N3. The van der Waals surface area contributed by atoms with Gasteiger partial charge in [-0.2, -0.15) is 5.26 Å². The van der Waals surface area contributed by atoms with Gasteiger partial charge in [-0.1, -0.05) is 47.6 Å². The van der Waals surface area contributed by atoms with Crippen LogP contribution in [-0.2, 0) is 10.8 Å². The molecule has 3 heteroatoms. The van der Waals surface area contributed by atoms with Crippen LogP contribution in [0.3, 0.4) is 0 Å². The van der Waals surface area contributed by atoms with E-state index in [1.165, 1.54) is 152 Å². The molecule has 5 aromatic carbocycles. The predicted molar refractivity (Wildman–Crippen MR) is 249 cm³/mol. The van der Waals surface area contributed by atoms with Crippen LogP contribution in [-0.4, -0.2) is 8.80 Å². The van der Waals surface area contributed by atoms with E-state index in [4.69, 9.17) is 0 Å². The Morgan fingerprint density at radius 2 is 0.900 bits per heavy atom. The van der Waals surface area contributed by atoms with Gasteiger partial charge in [0.15, 0.2) is 0 Å². The first-order valence-electron chi connectivity index (χ1n) is 23.8. The average molecular weight is 782 g/mol. The van der Waals surface area contributed by atoms with Gasteiger partial charge in [-0.15, -0.1) is 0 Å². The van der Waals surface area contributed by atoms with Crippen molar-refractivity contribution in [2.75, 3.05) is 0 Å². The second kappa shape index (κ2) is 10.6. The van der Waals surface area contributed by atoms with Gasteiger partial charge in [0, 0.05) is 43.1 Å². The summed E-state index contributed by atoms with van der Waals surface area (Å²) >= 11 is 0. The first-order valence-corrected chi connectivity index (χ1v) is 23.8. The zero-order valence-corrected chi connectivity index (χ0v) is 36.2. The first kappa shape index (κ1) is 33.9. The van der Waals surface area contributed by atoms with Crippen molar-refractivity contribution < 1.29 is 0 Å². The molecule has 8 bridgehead atoms. The van der Waals surface area contributed by atoms with Crippen molar-refractivity contribution in [3.8, 4) is 6.07 Å². The first-order chi connectivity index (χ1) is 28.9. The molecule has 4 fully saturated rings. The van der Waals surface area contributed by atoms with Crippen LogP contribution in [0.2, 0.25) is 0 Å². The van der Waals surface area contributed by atoms with Gasteiger partial charge in [0.1, 0.15) is 0 Å². The van der Waals surface area contributed by atoms with Gasteiger partial charge in [0.05, 0.1) is 44.7 Å². The quantitative estimate of drug-likeness (QED) is 0.151. The molecule has 4 unspecified atom stereocenters. The summed E-state index contributed by atoms with van der Waals surface area (Å²) in [7, 11) is 0. The SMILES string of the molecule is CC(C)(C)c1cc2c3cc4c(cc3n3c5ccc6c(c5c(c1)c23)C1CC2CC(CC6C2)C1)c1cc(C(C)(C)C)cc2c3c5c(c(C#N)cc3n4c12)C1CC2CC(C1)CC5C2. The van der Waals surface area contributed by atoms with Crippen LogP contribution in [0, 0.1) is 35.0 Å². The van der Waals surface area contributed by atoms with E-state index >= 15 is 0 Å². The van der Waals surface area contributed by atoms with Crippen LogP contribution in [0.25, 0.3) is 76.2 Å². The highest BCUT2D eigenvalue weighted by Crippen LogP contribution is 2.61. The van der Waals surface area contributed by atoms with Crippen molar-refractivity contribution >= 4 is 76.2 Å². The third-order valence-corrected chi connectivity index (χ3v) is 18.3. The molecule has 4 aromatic heterocycles. The van der Waals surface area contributed by atoms with Crippen molar-refractivity contribution in [2.45, 2.75) is 140 Å². The van der Waals surface area contributed by atoms with E-state index in [2.05, 4.69) is 111 Å². The second-order valence-corrected chi connectivity index (χ2v) is 23.7. The van der Waals surface area contributed by atoms with Gasteiger partial charge in [-0.3, -0.25) is 0 Å². The molecule has 0 aliphatic heterocycles. The van der Waals surface area contributed by atoms with Crippen LogP contribution in [0.5, 0.6) is 0 Å². The van der Waals surface area contributed by atoms with Gasteiger partial charge >= 0.3 is 0 Å².